The third-order valence-electron chi connectivity index (χ3n) is 6.84. The molecule has 0 aromatic heterocycles. The van der Waals surface area contributed by atoms with Crippen molar-refractivity contribution < 1.29 is 19.5 Å². The van der Waals surface area contributed by atoms with Gasteiger partial charge in [-0.25, -0.2) is 0 Å². The molecule has 3 aliphatic heterocycles. The van der Waals surface area contributed by atoms with E-state index in [2.05, 4.69) is 10.6 Å². The van der Waals surface area contributed by atoms with Crippen LogP contribution in [0.5, 0.6) is 5.75 Å². The number of para-hydroxylation sites is 1. The fourth-order valence-electron chi connectivity index (χ4n) is 5.42. The number of likely N-dealkylation sites (tertiary alicyclic amines) is 1. The van der Waals surface area contributed by atoms with Crippen LogP contribution in [0.4, 0.5) is 5.69 Å². The zero-order valence-electron chi connectivity index (χ0n) is 17.3. The Bertz CT molecular complexity index is 1070. The molecule has 3 amide bonds. The Morgan fingerprint density at radius 3 is 2.52 bits per heavy atom. The number of benzene rings is 2. The van der Waals surface area contributed by atoms with Crippen molar-refractivity contribution in [2.75, 3.05) is 11.9 Å². The standard InChI is InChI=1S/C24H25N3O4/c1-2-3-12-27-21(29)19-18(13-14-8-10-15(28)11-9-14)26-24(20(19)22(27)30)16-6-4-5-7-17(16)25-23(24)31/h4-11,18-20,26,28H,2-3,12-13H2,1H3,(H,25,31)/t18-,19+,20+,24-/m0/s1. The second-order valence-corrected chi connectivity index (χ2v) is 8.61. The van der Waals surface area contributed by atoms with Crippen LogP contribution >= 0.6 is 0 Å². The lowest BCUT2D eigenvalue weighted by Crippen LogP contribution is -2.53. The van der Waals surface area contributed by atoms with Gasteiger partial charge in [0.15, 0.2) is 0 Å². The summed E-state index contributed by atoms with van der Waals surface area (Å²) in [7, 11) is 0. The normalized spacial score (nSPS) is 28.9. The first-order chi connectivity index (χ1) is 15.0. The predicted octanol–water partition coefficient (Wildman–Crippen LogP) is 2.16. The summed E-state index contributed by atoms with van der Waals surface area (Å²) in [5, 5.41) is 15.9. The number of phenols is 1. The first-order valence-corrected chi connectivity index (χ1v) is 10.8. The average molecular weight is 419 g/mol. The number of aromatic hydroxyl groups is 1. The Morgan fingerprint density at radius 1 is 1.03 bits per heavy atom. The molecule has 4 atom stereocenters. The van der Waals surface area contributed by atoms with Gasteiger partial charge in [-0.05, 0) is 36.6 Å². The molecule has 3 heterocycles. The molecule has 0 bridgehead atoms. The van der Waals surface area contributed by atoms with Crippen LogP contribution in [0.1, 0.15) is 30.9 Å². The fraction of sp³-hybridized carbons (Fsp3) is 0.375. The summed E-state index contributed by atoms with van der Waals surface area (Å²) in [6, 6.07) is 13.8. The van der Waals surface area contributed by atoms with Crippen molar-refractivity contribution in [3.8, 4) is 5.75 Å². The summed E-state index contributed by atoms with van der Waals surface area (Å²) < 4.78 is 0. The van der Waals surface area contributed by atoms with Gasteiger partial charge >= 0.3 is 0 Å². The number of hydrogen-bond donors (Lipinski definition) is 3. The molecule has 3 N–H and O–H groups in total. The third-order valence-corrected chi connectivity index (χ3v) is 6.84. The molecule has 7 heteroatoms. The van der Waals surface area contributed by atoms with E-state index in [-0.39, 0.29) is 29.5 Å². The van der Waals surface area contributed by atoms with Crippen LogP contribution in [-0.4, -0.2) is 40.3 Å². The minimum atomic E-state index is -1.25. The number of carbonyl (C=O) groups excluding carboxylic acids is 3. The molecular weight excluding hydrogens is 394 g/mol. The molecule has 2 aromatic carbocycles. The molecule has 7 nitrogen and oxygen atoms in total. The van der Waals surface area contributed by atoms with Crippen molar-refractivity contribution >= 4 is 23.4 Å². The summed E-state index contributed by atoms with van der Waals surface area (Å²) in [4.78, 5) is 41.6. The van der Waals surface area contributed by atoms with Crippen LogP contribution in [0.3, 0.4) is 0 Å². The summed E-state index contributed by atoms with van der Waals surface area (Å²) in [6.07, 6.45) is 2.08. The van der Waals surface area contributed by atoms with Crippen LogP contribution < -0.4 is 10.6 Å². The highest BCUT2D eigenvalue weighted by Gasteiger charge is 2.70. The molecule has 5 rings (SSSR count). The molecule has 2 saturated heterocycles. The third kappa shape index (κ3) is 2.80. The fourth-order valence-corrected chi connectivity index (χ4v) is 5.42. The molecule has 0 radical (unpaired) electrons. The maximum atomic E-state index is 13.5. The number of phenolic OH excluding ortho intramolecular Hbond substituents is 1. The van der Waals surface area contributed by atoms with E-state index in [1.165, 1.54) is 4.90 Å². The molecular formula is C24H25N3O4. The van der Waals surface area contributed by atoms with Gasteiger partial charge < -0.3 is 10.4 Å². The largest absolute Gasteiger partial charge is 0.508 e. The lowest BCUT2D eigenvalue weighted by Gasteiger charge is -2.29. The summed E-state index contributed by atoms with van der Waals surface area (Å²) in [6.45, 7) is 2.40. The second kappa shape index (κ2) is 7.20. The van der Waals surface area contributed by atoms with Crippen molar-refractivity contribution in [3.05, 3.63) is 59.7 Å². The Morgan fingerprint density at radius 2 is 1.77 bits per heavy atom. The van der Waals surface area contributed by atoms with E-state index in [4.69, 9.17) is 0 Å². The molecule has 2 fully saturated rings. The van der Waals surface area contributed by atoms with Crippen LogP contribution in [0, 0.1) is 11.8 Å². The number of fused-ring (bicyclic) bond motifs is 4. The summed E-state index contributed by atoms with van der Waals surface area (Å²) >= 11 is 0. The van der Waals surface area contributed by atoms with Crippen molar-refractivity contribution in [2.45, 2.75) is 37.8 Å². The molecule has 0 unspecified atom stereocenters. The second-order valence-electron chi connectivity index (χ2n) is 8.61. The Kier molecular flexibility index (Phi) is 4.59. The van der Waals surface area contributed by atoms with Gasteiger partial charge in [0, 0.05) is 23.8 Å². The van der Waals surface area contributed by atoms with Crippen molar-refractivity contribution in [1.82, 2.24) is 10.2 Å². The lowest BCUT2D eigenvalue weighted by molar-refractivity contribution is -0.142. The Balaban J connectivity index is 1.59. The van der Waals surface area contributed by atoms with Crippen LogP contribution in [0.2, 0.25) is 0 Å². The minimum absolute atomic E-state index is 0.166. The number of unbranched alkanes of at least 4 members (excludes halogenated alkanes) is 1. The van der Waals surface area contributed by atoms with E-state index in [1.807, 2.05) is 31.2 Å². The highest BCUT2D eigenvalue weighted by Crippen LogP contribution is 2.53. The number of anilines is 1. The summed E-state index contributed by atoms with van der Waals surface area (Å²) in [5.41, 5.74) is 1.07. The first-order valence-electron chi connectivity index (χ1n) is 10.8. The first kappa shape index (κ1) is 19.8. The maximum Gasteiger partial charge on any atom is 0.250 e. The number of rotatable bonds is 5. The molecule has 3 aliphatic rings. The van der Waals surface area contributed by atoms with E-state index >= 15 is 0 Å². The van der Waals surface area contributed by atoms with E-state index in [0.717, 1.165) is 24.0 Å². The number of amides is 3. The van der Waals surface area contributed by atoms with Gasteiger partial charge in [-0.2, -0.15) is 0 Å². The van der Waals surface area contributed by atoms with Crippen LogP contribution in [-0.2, 0) is 26.3 Å². The van der Waals surface area contributed by atoms with Crippen LogP contribution in [0.15, 0.2) is 48.5 Å². The SMILES string of the molecule is CCCCN1C(=O)[C@@H]2[C@H](Cc3ccc(O)cc3)N[C@]3(C(=O)Nc4ccccc43)[C@H]2C1=O. The topological polar surface area (TPSA) is 98.7 Å². The zero-order valence-corrected chi connectivity index (χ0v) is 17.3. The van der Waals surface area contributed by atoms with Crippen molar-refractivity contribution in [2.24, 2.45) is 11.8 Å². The van der Waals surface area contributed by atoms with E-state index in [9.17, 15) is 19.5 Å². The van der Waals surface area contributed by atoms with Gasteiger partial charge in [-0.15, -0.1) is 0 Å². The molecule has 2 aromatic rings. The number of nitrogens with one attached hydrogen (secondary N) is 2. The van der Waals surface area contributed by atoms with Gasteiger partial charge in [-0.1, -0.05) is 43.7 Å². The van der Waals surface area contributed by atoms with E-state index in [0.29, 0.717) is 18.7 Å². The average Bonchev–Trinajstić information content (AvgIpc) is 3.33. The Hall–Kier alpha value is -3.19. The van der Waals surface area contributed by atoms with Crippen LogP contribution in [0.25, 0.3) is 0 Å². The van der Waals surface area contributed by atoms with Gasteiger partial charge in [-0.3, -0.25) is 24.6 Å². The molecule has 160 valence electrons. The molecule has 1 spiro atoms. The lowest BCUT2D eigenvalue weighted by atomic mass is 9.76. The highest BCUT2D eigenvalue weighted by molar-refractivity contribution is 6.15. The number of nitrogens with zero attached hydrogens (tertiary/aromatic N) is 1. The van der Waals surface area contributed by atoms with Crippen molar-refractivity contribution in [3.63, 3.8) is 0 Å². The van der Waals surface area contributed by atoms with Gasteiger partial charge in [0.25, 0.3) is 0 Å². The minimum Gasteiger partial charge on any atom is -0.508 e. The quantitative estimate of drug-likeness (QED) is 0.645. The number of imide groups is 1. The monoisotopic (exact) mass is 419 g/mol. The molecule has 0 aliphatic carbocycles. The van der Waals surface area contributed by atoms with Gasteiger partial charge in [0.05, 0.1) is 11.8 Å². The molecule has 31 heavy (non-hydrogen) atoms. The summed E-state index contributed by atoms with van der Waals surface area (Å²) in [5.74, 6) is -1.97. The zero-order chi connectivity index (χ0) is 21.8. The number of carbonyl (C=O) groups is 3. The number of hydrogen-bond acceptors (Lipinski definition) is 5. The van der Waals surface area contributed by atoms with Crippen molar-refractivity contribution in [1.29, 1.82) is 0 Å². The van der Waals surface area contributed by atoms with Gasteiger partial charge in [0.2, 0.25) is 17.7 Å². The Labute approximate surface area is 180 Å². The van der Waals surface area contributed by atoms with E-state index < -0.39 is 17.4 Å². The van der Waals surface area contributed by atoms with Gasteiger partial charge in [0.1, 0.15) is 11.3 Å². The smallest absolute Gasteiger partial charge is 0.250 e. The van der Waals surface area contributed by atoms with E-state index in [1.54, 1.807) is 24.3 Å². The highest BCUT2D eigenvalue weighted by atomic mass is 16.3. The molecule has 0 saturated carbocycles. The predicted molar refractivity (Wildman–Crippen MR) is 114 cm³/mol. The maximum absolute atomic E-state index is 13.5.